The van der Waals surface area contributed by atoms with Crippen LogP contribution in [0, 0.1) is 11.3 Å². The predicted octanol–water partition coefficient (Wildman–Crippen LogP) is 2.40. The van der Waals surface area contributed by atoms with Gasteiger partial charge in [0.15, 0.2) is 0 Å². The molecule has 9 nitrogen and oxygen atoms in total. The summed E-state index contributed by atoms with van der Waals surface area (Å²) in [6.07, 6.45) is 3.84. The number of nitrogens with two attached hydrogens (primary N) is 1. The van der Waals surface area contributed by atoms with Crippen LogP contribution in [0.4, 0.5) is 10.1 Å². The molecular formula is C24H28FN7O2. The molecule has 10 heteroatoms. The Labute approximate surface area is 196 Å². The second kappa shape index (κ2) is 9.37. The number of pyridine rings is 1. The molecule has 0 spiro atoms. The number of nitrogens with zero attached hydrogens (tertiary/aromatic N) is 4. The fourth-order valence-corrected chi connectivity index (χ4v) is 4.04. The van der Waals surface area contributed by atoms with Crippen molar-refractivity contribution < 1.29 is 14.3 Å². The van der Waals surface area contributed by atoms with Gasteiger partial charge in [0, 0.05) is 18.3 Å². The predicted molar refractivity (Wildman–Crippen MR) is 126 cm³/mol. The van der Waals surface area contributed by atoms with E-state index < -0.39 is 17.7 Å². The molecule has 5 N–H and O–H groups in total. The normalized spacial score (nSPS) is 19.1. The lowest BCUT2D eigenvalue weighted by Gasteiger charge is -2.23. The average molecular weight is 466 g/mol. The highest BCUT2D eigenvalue weighted by Crippen LogP contribution is 2.28. The van der Waals surface area contributed by atoms with Gasteiger partial charge in [0.1, 0.15) is 12.2 Å². The molecule has 1 aliphatic carbocycles. The molecule has 0 aromatic carbocycles. The van der Waals surface area contributed by atoms with Crippen LogP contribution in [0.2, 0.25) is 0 Å². The maximum Gasteiger partial charge on any atom is 0.255 e. The molecule has 1 fully saturated rings. The van der Waals surface area contributed by atoms with Crippen molar-refractivity contribution in [1.82, 2.24) is 19.9 Å². The maximum atomic E-state index is 14.2. The number of anilines is 1. The highest BCUT2D eigenvalue weighted by molar-refractivity contribution is 6.00. The number of amides is 1. The largest absolute Gasteiger partial charge is 0.387 e. The zero-order chi connectivity index (χ0) is 24.5. The summed E-state index contributed by atoms with van der Waals surface area (Å²) in [7, 11) is 0. The maximum absolute atomic E-state index is 14.2. The van der Waals surface area contributed by atoms with Gasteiger partial charge in [0.25, 0.3) is 5.91 Å². The van der Waals surface area contributed by atoms with Crippen molar-refractivity contribution >= 4 is 17.1 Å². The van der Waals surface area contributed by atoms with Gasteiger partial charge in [0.2, 0.25) is 0 Å². The van der Waals surface area contributed by atoms with E-state index in [0.717, 1.165) is 24.8 Å². The monoisotopic (exact) mass is 465 g/mol. The van der Waals surface area contributed by atoms with Crippen LogP contribution in [0.3, 0.4) is 0 Å². The van der Waals surface area contributed by atoms with Gasteiger partial charge in [-0.2, -0.15) is 10.4 Å². The van der Waals surface area contributed by atoms with Gasteiger partial charge in [-0.1, -0.05) is 0 Å². The Balaban J connectivity index is 1.66. The summed E-state index contributed by atoms with van der Waals surface area (Å²) in [6, 6.07) is 9.45. The third-order valence-electron chi connectivity index (χ3n) is 6.08. The molecule has 3 heterocycles. The number of nitriles is 1. The number of nitrogens with one attached hydrogen (secondary N) is 2. The minimum atomic E-state index is -1.62. The smallest absolute Gasteiger partial charge is 0.255 e. The average Bonchev–Trinajstić information content (AvgIpc) is 3.41. The molecule has 0 radical (unpaired) electrons. The molecule has 3 atom stereocenters. The number of halogens is 1. The van der Waals surface area contributed by atoms with Crippen molar-refractivity contribution in [3.05, 3.63) is 47.8 Å². The Kier molecular flexibility index (Phi) is 6.50. The van der Waals surface area contributed by atoms with Crippen LogP contribution in [0.15, 0.2) is 36.7 Å². The Bertz CT molecular complexity index is 1240. The molecule has 0 saturated heterocycles. The molecule has 178 valence electrons. The summed E-state index contributed by atoms with van der Waals surface area (Å²) in [5, 5.41) is 29.2. The van der Waals surface area contributed by atoms with E-state index in [1.54, 1.807) is 16.6 Å². The molecule has 1 unspecified atom stereocenters. The number of fused-ring (bicyclic) bond motifs is 1. The number of alkyl halides is 1. The molecule has 1 aliphatic rings. The van der Waals surface area contributed by atoms with Crippen LogP contribution in [-0.2, 0) is 0 Å². The molecule has 4 rings (SSSR count). The van der Waals surface area contributed by atoms with Crippen molar-refractivity contribution in [2.45, 2.75) is 57.0 Å². The summed E-state index contributed by atoms with van der Waals surface area (Å²) >= 11 is 0. The van der Waals surface area contributed by atoms with Crippen LogP contribution < -0.4 is 16.4 Å². The fourth-order valence-electron chi connectivity index (χ4n) is 4.04. The van der Waals surface area contributed by atoms with Crippen LogP contribution in [0.5, 0.6) is 0 Å². The number of carbonyl (C=O) groups excluding carboxylic acids is 1. The van der Waals surface area contributed by atoms with Gasteiger partial charge in [-0.25, -0.2) is 8.91 Å². The first-order chi connectivity index (χ1) is 16.2. The van der Waals surface area contributed by atoms with E-state index >= 15 is 0 Å². The Morgan fingerprint density at radius 2 is 2.18 bits per heavy atom. The van der Waals surface area contributed by atoms with Crippen LogP contribution in [0.1, 0.15) is 49.0 Å². The van der Waals surface area contributed by atoms with Gasteiger partial charge >= 0.3 is 0 Å². The number of hydrogen-bond acceptors (Lipinski definition) is 7. The summed E-state index contributed by atoms with van der Waals surface area (Å²) < 4.78 is 15.8. The molecule has 1 saturated carbocycles. The first kappa shape index (κ1) is 23.6. The van der Waals surface area contributed by atoms with Crippen molar-refractivity contribution in [3.8, 4) is 17.5 Å². The Morgan fingerprint density at radius 3 is 2.85 bits per heavy atom. The van der Waals surface area contributed by atoms with Crippen LogP contribution in [0.25, 0.3) is 16.9 Å². The number of aliphatic hydroxyl groups is 1. The van der Waals surface area contributed by atoms with Gasteiger partial charge < -0.3 is 21.5 Å². The molecule has 1 amide bonds. The summed E-state index contributed by atoms with van der Waals surface area (Å²) in [5.41, 5.74) is 7.80. The number of hydrogen-bond donors (Lipinski definition) is 4. The van der Waals surface area contributed by atoms with Gasteiger partial charge in [-0.15, -0.1) is 0 Å². The zero-order valence-corrected chi connectivity index (χ0v) is 19.1. The van der Waals surface area contributed by atoms with E-state index in [1.807, 2.05) is 12.1 Å². The Morgan fingerprint density at radius 1 is 1.38 bits per heavy atom. The summed E-state index contributed by atoms with van der Waals surface area (Å²) in [5.74, 6) is -0.493. The highest BCUT2D eigenvalue weighted by atomic mass is 19.1. The SMILES string of the molecule is CC(C)(O)C(F)CNC(=O)c1cnc(-c2ccc3cc(C#N)cnn23)cc1N[C@H]1CC[C@@H](N)C1. The zero-order valence-electron chi connectivity index (χ0n) is 19.1. The molecule has 0 aliphatic heterocycles. The highest BCUT2D eigenvalue weighted by Gasteiger charge is 2.28. The van der Waals surface area contributed by atoms with E-state index in [2.05, 4.69) is 26.8 Å². The van der Waals surface area contributed by atoms with E-state index in [-0.39, 0.29) is 24.2 Å². The third-order valence-corrected chi connectivity index (χ3v) is 6.08. The van der Waals surface area contributed by atoms with Crippen molar-refractivity contribution in [2.75, 3.05) is 11.9 Å². The molecular weight excluding hydrogens is 437 g/mol. The first-order valence-corrected chi connectivity index (χ1v) is 11.2. The first-order valence-electron chi connectivity index (χ1n) is 11.2. The molecule has 0 bridgehead atoms. The van der Waals surface area contributed by atoms with Gasteiger partial charge in [-0.3, -0.25) is 9.78 Å². The van der Waals surface area contributed by atoms with Crippen molar-refractivity contribution in [3.63, 3.8) is 0 Å². The summed E-state index contributed by atoms with van der Waals surface area (Å²) in [4.78, 5) is 17.4. The van der Waals surface area contributed by atoms with Gasteiger partial charge in [-0.05, 0) is 57.4 Å². The van der Waals surface area contributed by atoms with E-state index in [1.165, 1.54) is 26.2 Å². The van der Waals surface area contributed by atoms with Crippen molar-refractivity contribution in [2.24, 2.45) is 5.73 Å². The quantitative estimate of drug-likeness (QED) is 0.420. The Hall–Kier alpha value is -3.55. The number of rotatable bonds is 7. The summed E-state index contributed by atoms with van der Waals surface area (Å²) in [6.45, 7) is 2.38. The minimum Gasteiger partial charge on any atom is -0.387 e. The second-order valence-electron chi connectivity index (χ2n) is 9.27. The van der Waals surface area contributed by atoms with Crippen LogP contribution >= 0.6 is 0 Å². The lowest BCUT2D eigenvalue weighted by Crippen LogP contribution is -2.42. The fraction of sp³-hybridized carbons (Fsp3) is 0.417. The van der Waals surface area contributed by atoms with E-state index in [4.69, 9.17) is 11.0 Å². The molecule has 34 heavy (non-hydrogen) atoms. The number of carbonyl (C=O) groups is 1. The lowest BCUT2D eigenvalue weighted by molar-refractivity contribution is -0.00177. The number of aromatic nitrogens is 3. The lowest BCUT2D eigenvalue weighted by atomic mass is 10.0. The van der Waals surface area contributed by atoms with E-state index in [0.29, 0.717) is 22.6 Å². The van der Waals surface area contributed by atoms with Crippen LogP contribution in [-0.4, -0.2) is 56.0 Å². The molecule has 3 aromatic rings. The van der Waals surface area contributed by atoms with Gasteiger partial charge in [0.05, 0.1) is 52.1 Å². The topological polar surface area (TPSA) is 141 Å². The molecule has 3 aromatic heterocycles. The third kappa shape index (κ3) is 5.00. The second-order valence-corrected chi connectivity index (χ2v) is 9.27. The van der Waals surface area contributed by atoms with Crippen molar-refractivity contribution in [1.29, 1.82) is 5.26 Å². The van der Waals surface area contributed by atoms with E-state index in [9.17, 15) is 14.3 Å². The minimum absolute atomic E-state index is 0.0995. The standard InChI is InChI=1S/C24H28FN7O2/c1-24(2,34)22(25)13-29-23(33)18-12-28-20(9-19(18)31-16-4-3-15(27)8-16)21-6-5-17-7-14(10-26)11-30-32(17)21/h5-7,9,11-12,15-16,22,34H,3-4,8,13,27H2,1-2H3,(H,28,31)(H,29,33)/t15-,16+,22?/m1/s1.